The average Bonchev–Trinajstić information content (AvgIpc) is 3.08. The smallest absolute Gasteiger partial charge is 0.222 e. The minimum atomic E-state index is -0.708. The van der Waals surface area contributed by atoms with Gasteiger partial charge in [0.15, 0.2) is 0 Å². The summed E-state index contributed by atoms with van der Waals surface area (Å²) < 4.78 is 0. The number of H-pyrrole nitrogens is 1. The van der Waals surface area contributed by atoms with Crippen LogP contribution in [0.5, 0.6) is 0 Å². The molecule has 5 nitrogen and oxygen atoms in total. The average molecular weight is 323 g/mol. The number of benzene rings is 2. The first kappa shape index (κ1) is 16.2. The lowest BCUT2D eigenvalue weighted by molar-refractivity contribution is -0.121. The molecule has 1 heterocycles. The third kappa shape index (κ3) is 3.18. The zero-order valence-electron chi connectivity index (χ0n) is 13.3. The van der Waals surface area contributed by atoms with Gasteiger partial charge in [-0.15, -0.1) is 0 Å². The number of nitrogens with one attached hydrogen (secondary N) is 1. The van der Waals surface area contributed by atoms with Gasteiger partial charge in [-0.1, -0.05) is 36.4 Å². The number of aromatic nitrogens is 1. The minimum absolute atomic E-state index is 0.231. The van der Waals surface area contributed by atoms with Crippen LogP contribution in [0, 0.1) is 5.92 Å². The lowest BCUT2D eigenvalue weighted by atomic mass is 9.94. The fourth-order valence-corrected chi connectivity index (χ4v) is 2.95. The Balaban J connectivity index is 1.82. The van der Waals surface area contributed by atoms with Crippen molar-refractivity contribution >= 4 is 16.8 Å². The van der Waals surface area contributed by atoms with Gasteiger partial charge in [-0.05, 0) is 35.2 Å². The van der Waals surface area contributed by atoms with Crippen molar-refractivity contribution in [1.82, 2.24) is 4.98 Å². The molecule has 6 N–H and O–H groups in total. The Hall–Kier alpha value is -2.63. The number of aliphatic hydroxyl groups excluding tert-OH is 1. The van der Waals surface area contributed by atoms with Gasteiger partial charge in [0.1, 0.15) is 6.10 Å². The SMILES string of the molecule is NC[C@@H](Cc1ccc(C(O)c2cccc3[nH]ccc23)cc1)C(N)=O. The van der Waals surface area contributed by atoms with Crippen LogP contribution in [0.25, 0.3) is 10.9 Å². The quantitative estimate of drug-likeness (QED) is 0.556. The highest BCUT2D eigenvalue weighted by Gasteiger charge is 2.16. The summed E-state index contributed by atoms with van der Waals surface area (Å²) in [4.78, 5) is 14.4. The number of carbonyl (C=O) groups is 1. The number of hydrogen-bond acceptors (Lipinski definition) is 3. The predicted octanol–water partition coefficient (Wildman–Crippen LogP) is 1.85. The summed E-state index contributed by atoms with van der Waals surface area (Å²) in [6.07, 6.45) is 1.66. The molecular weight excluding hydrogens is 302 g/mol. The summed E-state index contributed by atoms with van der Waals surface area (Å²) in [7, 11) is 0. The number of hydrogen-bond donors (Lipinski definition) is 4. The van der Waals surface area contributed by atoms with Crippen molar-refractivity contribution in [1.29, 1.82) is 0 Å². The van der Waals surface area contributed by atoms with E-state index in [9.17, 15) is 9.90 Å². The van der Waals surface area contributed by atoms with Crippen LogP contribution < -0.4 is 11.5 Å². The number of carbonyl (C=O) groups excluding carboxylic acids is 1. The Morgan fingerprint density at radius 1 is 1.12 bits per heavy atom. The van der Waals surface area contributed by atoms with Gasteiger partial charge in [0.05, 0.1) is 5.92 Å². The molecule has 124 valence electrons. The summed E-state index contributed by atoms with van der Waals surface area (Å²) >= 11 is 0. The summed E-state index contributed by atoms with van der Waals surface area (Å²) in [6, 6.07) is 15.3. The molecule has 0 spiro atoms. The van der Waals surface area contributed by atoms with Crippen molar-refractivity contribution in [2.45, 2.75) is 12.5 Å². The maximum absolute atomic E-state index is 11.3. The third-order valence-corrected chi connectivity index (χ3v) is 4.39. The molecule has 0 bridgehead atoms. The van der Waals surface area contributed by atoms with Crippen LogP contribution >= 0.6 is 0 Å². The summed E-state index contributed by atoms with van der Waals surface area (Å²) in [5, 5.41) is 11.7. The Morgan fingerprint density at radius 2 is 1.88 bits per heavy atom. The van der Waals surface area contributed by atoms with Crippen molar-refractivity contribution in [2.24, 2.45) is 17.4 Å². The molecule has 2 atom stereocenters. The van der Waals surface area contributed by atoms with Crippen molar-refractivity contribution < 1.29 is 9.90 Å². The van der Waals surface area contributed by atoms with Crippen LogP contribution in [0.2, 0.25) is 0 Å². The molecule has 0 fully saturated rings. The maximum Gasteiger partial charge on any atom is 0.222 e. The molecule has 0 aliphatic heterocycles. The highest BCUT2D eigenvalue weighted by Crippen LogP contribution is 2.28. The number of aliphatic hydroxyl groups is 1. The zero-order valence-corrected chi connectivity index (χ0v) is 13.3. The van der Waals surface area contributed by atoms with E-state index < -0.39 is 6.10 Å². The van der Waals surface area contributed by atoms with Crippen molar-refractivity contribution in [3.8, 4) is 0 Å². The standard InChI is InChI=1S/C19H21N3O2/c20-11-14(19(21)24)10-12-4-6-13(7-5-12)18(23)16-2-1-3-17-15(16)8-9-22-17/h1-9,14,18,22-23H,10-11,20H2,(H2,21,24)/t14-,18?/m1/s1. The van der Waals surface area contributed by atoms with Crippen LogP contribution in [-0.4, -0.2) is 22.5 Å². The Labute approximate surface area is 140 Å². The largest absolute Gasteiger partial charge is 0.384 e. The molecule has 0 saturated carbocycles. The highest BCUT2D eigenvalue weighted by molar-refractivity contribution is 5.83. The Kier molecular flexibility index (Phi) is 4.64. The van der Waals surface area contributed by atoms with Gasteiger partial charge in [0, 0.05) is 23.6 Å². The van der Waals surface area contributed by atoms with Gasteiger partial charge < -0.3 is 21.6 Å². The topological polar surface area (TPSA) is 105 Å². The number of primary amides is 1. The number of nitrogens with two attached hydrogens (primary N) is 2. The monoisotopic (exact) mass is 323 g/mol. The van der Waals surface area contributed by atoms with Crippen LogP contribution in [0.15, 0.2) is 54.7 Å². The van der Waals surface area contributed by atoms with Crippen LogP contribution in [-0.2, 0) is 11.2 Å². The first-order valence-corrected chi connectivity index (χ1v) is 7.92. The molecule has 1 aromatic heterocycles. The van der Waals surface area contributed by atoms with E-state index in [1.165, 1.54) is 0 Å². The molecule has 3 aromatic rings. The third-order valence-electron chi connectivity index (χ3n) is 4.39. The lowest BCUT2D eigenvalue weighted by Gasteiger charge is -2.15. The van der Waals surface area contributed by atoms with Gasteiger partial charge in [0.25, 0.3) is 0 Å². The molecule has 2 aromatic carbocycles. The van der Waals surface area contributed by atoms with E-state index in [1.807, 2.05) is 54.7 Å². The van der Waals surface area contributed by atoms with E-state index in [1.54, 1.807) is 0 Å². The minimum Gasteiger partial charge on any atom is -0.384 e. The van der Waals surface area contributed by atoms with E-state index in [2.05, 4.69) is 4.98 Å². The summed E-state index contributed by atoms with van der Waals surface area (Å²) in [5.74, 6) is -0.755. The normalized spacial score (nSPS) is 13.8. The second-order valence-electron chi connectivity index (χ2n) is 5.97. The molecule has 1 amide bonds. The number of rotatable bonds is 6. The molecule has 0 saturated heterocycles. The van der Waals surface area contributed by atoms with Crippen molar-refractivity contribution in [2.75, 3.05) is 6.54 Å². The molecular formula is C19H21N3O2. The molecule has 3 rings (SSSR count). The fourth-order valence-electron chi connectivity index (χ4n) is 2.95. The molecule has 0 aliphatic rings. The number of fused-ring (bicyclic) bond motifs is 1. The van der Waals surface area contributed by atoms with Crippen molar-refractivity contribution in [3.63, 3.8) is 0 Å². The highest BCUT2D eigenvalue weighted by atomic mass is 16.3. The number of amides is 1. The molecule has 1 unspecified atom stereocenters. The van der Waals surface area contributed by atoms with Crippen molar-refractivity contribution in [3.05, 3.63) is 71.4 Å². The molecule has 0 radical (unpaired) electrons. The Morgan fingerprint density at radius 3 is 2.54 bits per heavy atom. The fraction of sp³-hybridized carbons (Fsp3) is 0.211. The van der Waals surface area contributed by atoms with Gasteiger partial charge in [0.2, 0.25) is 5.91 Å². The van der Waals surface area contributed by atoms with Gasteiger partial charge >= 0.3 is 0 Å². The predicted molar refractivity (Wildman–Crippen MR) is 94.2 cm³/mol. The Bertz CT molecular complexity index is 839. The van der Waals surface area contributed by atoms with E-state index in [0.29, 0.717) is 6.42 Å². The molecule has 5 heteroatoms. The van der Waals surface area contributed by atoms with E-state index >= 15 is 0 Å². The van der Waals surface area contributed by atoms with Gasteiger partial charge in [-0.2, -0.15) is 0 Å². The van der Waals surface area contributed by atoms with E-state index in [0.717, 1.165) is 27.6 Å². The van der Waals surface area contributed by atoms with Crippen LogP contribution in [0.3, 0.4) is 0 Å². The van der Waals surface area contributed by atoms with E-state index in [-0.39, 0.29) is 18.4 Å². The van der Waals surface area contributed by atoms with Crippen LogP contribution in [0.1, 0.15) is 22.8 Å². The molecule has 0 aliphatic carbocycles. The first-order chi connectivity index (χ1) is 11.6. The van der Waals surface area contributed by atoms with Gasteiger partial charge in [-0.25, -0.2) is 0 Å². The zero-order chi connectivity index (χ0) is 17.1. The number of aromatic amines is 1. The summed E-state index contributed by atoms with van der Waals surface area (Å²) in [6.45, 7) is 0.231. The maximum atomic E-state index is 11.3. The second kappa shape index (κ2) is 6.86. The van der Waals surface area contributed by atoms with Crippen LogP contribution in [0.4, 0.5) is 0 Å². The van der Waals surface area contributed by atoms with E-state index in [4.69, 9.17) is 11.5 Å². The summed E-state index contributed by atoms with van der Waals surface area (Å²) in [5.41, 5.74) is 14.5. The van der Waals surface area contributed by atoms with Gasteiger partial charge in [-0.3, -0.25) is 4.79 Å². The lowest BCUT2D eigenvalue weighted by Crippen LogP contribution is -2.31. The molecule has 24 heavy (non-hydrogen) atoms. The first-order valence-electron chi connectivity index (χ1n) is 7.92. The second-order valence-corrected chi connectivity index (χ2v) is 5.97.